The third kappa shape index (κ3) is 3.69. The number of hydrogen-bond donors (Lipinski definition) is 2. The number of amides is 2. The second kappa shape index (κ2) is 7.02. The van der Waals surface area contributed by atoms with Crippen LogP contribution in [0.2, 0.25) is 0 Å². The Morgan fingerprint density at radius 3 is 2.95 bits per heavy atom. The fraction of sp³-hybridized carbons (Fsp3) is 0.667. The van der Waals surface area contributed by atoms with Crippen LogP contribution in [0, 0.1) is 5.92 Å². The summed E-state index contributed by atoms with van der Waals surface area (Å²) < 4.78 is 6.81. The molecular weight excluding hydrogens is 278 g/mol. The summed E-state index contributed by atoms with van der Waals surface area (Å²) in [4.78, 5) is 24.9. The van der Waals surface area contributed by atoms with Crippen molar-refractivity contribution in [1.82, 2.24) is 25.2 Å². The molecule has 0 radical (unpaired) electrons. The Morgan fingerprint density at radius 2 is 2.33 bits per heavy atom. The molecule has 2 rings (SSSR count). The highest BCUT2D eigenvalue weighted by Crippen LogP contribution is 2.20. The van der Waals surface area contributed by atoms with E-state index in [0.29, 0.717) is 19.6 Å². The van der Waals surface area contributed by atoms with Crippen LogP contribution in [0.1, 0.15) is 6.92 Å². The monoisotopic (exact) mass is 297 g/mol. The van der Waals surface area contributed by atoms with E-state index in [1.807, 2.05) is 6.92 Å². The summed E-state index contributed by atoms with van der Waals surface area (Å²) in [6.07, 6.45) is 3.27. The molecule has 0 spiro atoms. The van der Waals surface area contributed by atoms with E-state index in [1.165, 1.54) is 4.90 Å². The molecule has 1 saturated heterocycles. The number of nitrogens with zero attached hydrogens (tertiary/aromatic N) is 4. The van der Waals surface area contributed by atoms with E-state index in [0.717, 1.165) is 0 Å². The molecular formula is C12H19N5O4. The Kier molecular flexibility index (Phi) is 5.09. The number of rotatable bonds is 6. The van der Waals surface area contributed by atoms with Crippen molar-refractivity contribution in [2.24, 2.45) is 5.92 Å². The lowest BCUT2D eigenvalue weighted by atomic mass is 10.0. The van der Waals surface area contributed by atoms with Crippen molar-refractivity contribution in [2.75, 3.05) is 26.3 Å². The van der Waals surface area contributed by atoms with Gasteiger partial charge in [0.2, 0.25) is 0 Å². The zero-order valence-electron chi connectivity index (χ0n) is 11.8. The summed E-state index contributed by atoms with van der Waals surface area (Å²) in [6.45, 7) is 3.53. The first kappa shape index (κ1) is 15.2. The summed E-state index contributed by atoms with van der Waals surface area (Å²) in [6, 6.07) is -0.724. The molecule has 2 N–H and O–H groups in total. The normalized spacial score (nSPS) is 21.2. The molecule has 1 aliphatic rings. The van der Waals surface area contributed by atoms with Gasteiger partial charge in [-0.3, -0.25) is 9.48 Å². The average molecular weight is 297 g/mol. The van der Waals surface area contributed by atoms with Crippen molar-refractivity contribution in [3.05, 3.63) is 12.4 Å². The van der Waals surface area contributed by atoms with Gasteiger partial charge in [0, 0.05) is 19.3 Å². The van der Waals surface area contributed by atoms with Crippen LogP contribution >= 0.6 is 0 Å². The van der Waals surface area contributed by atoms with Crippen LogP contribution in [-0.2, 0) is 16.1 Å². The zero-order chi connectivity index (χ0) is 15.2. The molecule has 9 nitrogen and oxygen atoms in total. The van der Waals surface area contributed by atoms with Crippen LogP contribution in [0.25, 0.3) is 0 Å². The second-order valence-electron chi connectivity index (χ2n) is 4.73. The van der Waals surface area contributed by atoms with E-state index in [4.69, 9.17) is 9.84 Å². The van der Waals surface area contributed by atoms with E-state index in [2.05, 4.69) is 15.6 Å². The predicted octanol–water partition coefficient (Wildman–Crippen LogP) is -0.591. The molecule has 2 amide bonds. The highest BCUT2D eigenvalue weighted by atomic mass is 16.5. The zero-order valence-corrected chi connectivity index (χ0v) is 11.8. The number of likely N-dealkylation sites (N-methyl/N-ethyl adjacent to an activating group) is 1. The first-order valence-electron chi connectivity index (χ1n) is 6.82. The molecule has 2 heterocycles. The quantitative estimate of drug-likeness (QED) is 0.726. The maximum absolute atomic E-state index is 12.2. The lowest BCUT2D eigenvalue weighted by molar-refractivity contribution is -0.142. The van der Waals surface area contributed by atoms with Crippen molar-refractivity contribution in [2.45, 2.75) is 19.5 Å². The summed E-state index contributed by atoms with van der Waals surface area (Å²) >= 11 is 0. The number of aromatic nitrogens is 3. The third-order valence-electron chi connectivity index (χ3n) is 3.46. The molecule has 0 aromatic carbocycles. The van der Waals surface area contributed by atoms with E-state index in [-0.39, 0.29) is 19.2 Å². The molecule has 0 saturated carbocycles. The number of urea groups is 1. The lowest BCUT2D eigenvalue weighted by Crippen LogP contribution is -2.50. The van der Waals surface area contributed by atoms with Gasteiger partial charge in [-0.15, -0.1) is 5.10 Å². The predicted molar refractivity (Wildman–Crippen MR) is 71.5 cm³/mol. The molecule has 1 aliphatic heterocycles. The summed E-state index contributed by atoms with van der Waals surface area (Å²) in [5.41, 5.74) is 0. The van der Waals surface area contributed by atoms with Crippen LogP contribution < -0.4 is 5.32 Å². The SMILES string of the molecule is CCN(C(=O)NCCn1ccnn1)C1COCC1C(=O)O. The number of ether oxygens (including phenoxy) is 1. The topological polar surface area (TPSA) is 110 Å². The molecule has 116 valence electrons. The first-order valence-corrected chi connectivity index (χ1v) is 6.82. The highest BCUT2D eigenvalue weighted by molar-refractivity contribution is 5.77. The largest absolute Gasteiger partial charge is 0.481 e. The first-order chi connectivity index (χ1) is 10.1. The van der Waals surface area contributed by atoms with Crippen molar-refractivity contribution < 1.29 is 19.4 Å². The summed E-state index contributed by atoms with van der Waals surface area (Å²) in [5.74, 6) is -1.61. The average Bonchev–Trinajstić information content (AvgIpc) is 3.10. The summed E-state index contributed by atoms with van der Waals surface area (Å²) in [5, 5.41) is 19.4. The van der Waals surface area contributed by atoms with Crippen LogP contribution in [0.4, 0.5) is 4.79 Å². The minimum Gasteiger partial charge on any atom is -0.481 e. The lowest BCUT2D eigenvalue weighted by Gasteiger charge is -2.29. The summed E-state index contributed by atoms with van der Waals surface area (Å²) in [7, 11) is 0. The van der Waals surface area contributed by atoms with E-state index < -0.39 is 17.9 Å². The molecule has 1 aromatic heterocycles. The molecule has 1 fully saturated rings. The van der Waals surface area contributed by atoms with E-state index in [1.54, 1.807) is 17.1 Å². The van der Waals surface area contributed by atoms with Crippen LogP contribution in [0.5, 0.6) is 0 Å². The molecule has 2 atom stereocenters. The van der Waals surface area contributed by atoms with Gasteiger partial charge in [0.15, 0.2) is 0 Å². The second-order valence-corrected chi connectivity index (χ2v) is 4.73. The molecule has 0 bridgehead atoms. The molecule has 0 aliphatic carbocycles. The fourth-order valence-electron chi connectivity index (χ4n) is 2.35. The maximum atomic E-state index is 12.2. The Balaban J connectivity index is 1.87. The minimum atomic E-state index is -0.939. The van der Waals surface area contributed by atoms with E-state index in [9.17, 15) is 9.59 Å². The van der Waals surface area contributed by atoms with Crippen LogP contribution in [-0.4, -0.2) is 69.3 Å². The molecule has 21 heavy (non-hydrogen) atoms. The Morgan fingerprint density at radius 1 is 1.52 bits per heavy atom. The van der Waals surface area contributed by atoms with Gasteiger partial charge in [0.25, 0.3) is 0 Å². The van der Waals surface area contributed by atoms with Gasteiger partial charge in [0.1, 0.15) is 5.92 Å². The number of hydrogen-bond acceptors (Lipinski definition) is 5. The number of carbonyl (C=O) groups is 2. The Hall–Kier alpha value is -2.16. The standard InChI is InChI=1S/C12H19N5O4/c1-2-17(10-8-21-7-9(10)11(18)19)12(20)13-3-5-16-6-4-14-15-16/h4,6,9-10H,2-3,5,7-8H2,1H3,(H,13,20)(H,18,19). The van der Waals surface area contributed by atoms with Gasteiger partial charge in [-0.25, -0.2) is 4.79 Å². The number of aliphatic carboxylic acids is 1. The van der Waals surface area contributed by atoms with Crippen LogP contribution in [0.15, 0.2) is 12.4 Å². The molecule has 9 heteroatoms. The Labute approximate surface area is 121 Å². The Bertz CT molecular complexity index is 478. The number of carboxylic acids is 1. The number of carboxylic acid groups (broad SMARTS) is 1. The van der Waals surface area contributed by atoms with Crippen molar-refractivity contribution in [3.63, 3.8) is 0 Å². The minimum absolute atomic E-state index is 0.142. The number of carbonyl (C=O) groups excluding carboxylic acids is 1. The van der Waals surface area contributed by atoms with Crippen molar-refractivity contribution in [1.29, 1.82) is 0 Å². The highest BCUT2D eigenvalue weighted by Gasteiger charge is 2.39. The van der Waals surface area contributed by atoms with Gasteiger partial charge >= 0.3 is 12.0 Å². The number of nitrogens with one attached hydrogen (secondary N) is 1. The van der Waals surface area contributed by atoms with Crippen molar-refractivity contribution >= 4 is 12.0 Å². The van der Waals surface area contributed by atoms with Gasteiger partial charge in [-0.1, -0.05) is 5.21 Å². The maximum Gasteiger partial charge on any atom is 0.317 e. The van der Waals surface area contributed by atoms with Gasteiger partial charge < -0.3 is 20.1 Å². The third-order valence-corrected chi connectivity index (χ3v) is 3.46. The van der Waals surface area contributed by atoms with Gasteiger partial charge in [0.05, 0.1) is 32.0 Å². The van der Waals surface area contributed by atoms with Crippen LogP contribution in [0.3, 0.4) is 0 Å². The van der Waals surface area contributed by atoms with Crippen molar-refractivity contribution in [3.8, 4) is 0 Å². The smallest absolute Gasteiger partial charge is 0.317 e. The fourth-order valence-corrected chi connectivity index (χ4v) is 2.35. The van der Waals surface area contributed by atoms with Gasteiger partial charge in [-0.2, -0.15) is 0 Å². The van der Waals surface area contributed by atoms with Gasteiger partial charge in [-0.05, 0) is 6.92 Å². The molecule has 1 aromatic rings. The molecule has 2 unspecified atom stereocenters. The van der Waals surface area contributed by atoms with E-state index >= 15 is 0 Å².